The standard InChI is InChI=1S/C14H21NOS/c1-4-14(10-15(3)9-11(2)17-14)12-6-5-7-13(16)8-12/h5-8,11,16H,4,9-10H2,1-3H3. The topological polar surface area (TPSA) is 23.5 Å². The van der Waals surface area contributed by atoms with Crippen LogP contribution in [0.15, 0.2) is 24.3 Å². The Morgan fingerprint density at radius 2 is 2.29 bits per heavy atom. The van der Waals surface area contributed by atoms with Crippen LogP contribution in [-0.2, 0) is 4.75 Å². The number of hydrogen-bond acceptors (Lipinski definition) is 3. The molecule has 2 rings (SSSR count). The van der Waals surface area contributed by atoms with E-state index in [4.69, 9.17) is 0 Å². The van der Waals surface area contributed by atoms with Crippen molar-refractivity contribution in [2.45, 2.75) is 30.3 Å². The molecular weight excluding hydrogens is 230 g/mol. The monoisotopic (exact) mass is 251 g/mol. The largest absolute Gasteiger partial charge is 0.508 e. The van der Waals surface area contributed by atoms with Gasteiger partial charge in [0.25, 0.3) is 0 Å². The number of nitrogens with zero attached hydrogens (tertiary/aromatic N) is 1. The summed E-state index contributed by atoms with van der Waals surface area (Å²) in [4.78, 5) is 2.40. The minimum atomic E-state index is 0.130. The first kappa shape index (κ1) is 12.8. The molecule has 1 saturated heterocycles. The van der Waals surface area contributed by atoms with Gasteiger partial charge in [-0.2, -0.15) is 0 Å². The third-order valence-corrected chi connectivity index (χ3v) is 5.12. The quantitative estimate of drug-likeness (QED) is 0.874. The van der Waals surface area contributed by atoms with E-state index in [1.807, 2.05) is 23.9 Å². The number of hydrogen-bond donors (Lipinski definition) is 1. The Kier molecular flexibility index (Phi) is 3.69. The predicted octanol–water partition coefficient (Wildman–Crippen LogP) is 3.06. The summed E-state index contributed by atoms with van der Waals surface area (Å²) in [6.45, 7) is 6.73. The first-order valence-corrected chi connectivity index (χ1v) is 7.09. The van der Waals surface area contributed by atoms with E-state index in [1.54, 1.807) is 6.07 Å². The zero-order valence-electron chi connectivity index (χ0n) is 10.8. The Morgan fingerprint density at radius 3 is 2.88 bits per heavy atom. The van der Waals surface area contributed by atoms with E-state index in [1.165, 1.54) is 5.56 Å². The molecule has 0 saturated carbocycles. The van der Waals surface area contributed by atoms with Crippen molar-refractivity contribution in [3.63, 3.8) is 0 Å². The van der Waals surface area contributed by atoms with Gasteiger partial charge in [0.2, 0.25) is 0 Å². The molecule has 1 aromatic carbocycles. The third kappa shape index (κ3) is 2.61. The van der Waals surface area contributed by atoms with E-state index < -0.39 is 0 Å². The summed E-state index contributed by atoms with van der Waals surface area (Å²) in [5.41, 5.74) is 1.25. The Hall–Kier alpha value is -0.670. The molecule has 0 aliphatic carbocycles. The van der Waals surface area contributed by atoms with Crippen LogP contribution in [0, 0.1) is 0 Å². The fourth-order valence-corrected chi connectivity index (χ4v) is 4.57. The van der Waals surface area contributed by atoms with Crippen molar-refractivity contribution in [2.24, 2.45) is 0 Å². The first-order valence-electron chi connectivity index (χ1n) is 6.21. The van der Waals surface area contributed by atoms with Crippen LogP contribution >= 0.6 is 11.8 Å². The molecule has 0 bridgehead atoms. The van der Waals surface area contributed by atoms with Gasteiger partial charge in [0.15, 0.2) is 0 Å². The molecule has 1 aromatic rings. The van der Waals surface area contributed by atoms with Crippen molar-refractivity contribution in [3.05, 3.63) is 29.8 Å². The lowest BCUT2D eigenvalue weighted by Crippen LogP contribution is -2.45. The summed E-state index contributed by atoms with van der Waals surface area (Å²) >= 11 is 2.05. The Bertz CT molecular complexity index is 384. The first-order chi connectivity index (χ1) is 8.05. The lowest BCUT2D eigenvalue weighted by Gasteiger charge is -2.44. The molecule has 17 heavy (non-hydrogen) atoms. The highest BCUT2D eigenvalue weighted by Crippen LogP contribution is 2.46. The van der Waals surface area contributed by atoms with Crippen molar-refractivity contribution < 1.29 is 5.11 Å². The van der Waals surface area contributed by atoms with Crippen LogP contribution in [0.1, 0.15) is 25.8 Å². The van der Waals surface area contributed by atoms with Gasteiger partial charge in [0.1, 0.15) is 5.75 Å². The van der Waals surface area contributed by atoms with Crippen molar-refractivity contribution in [3.8, 4) is 5.75 Å². The van der Waals surface area contributed by atoms with Crippen LogP contribution in [0.5, 0.6) is 5.75 Å². The molecule has 0 aromatic heterocycles. The molecule has 0 amide bonds. The zero-order chi connectivity index (χ0) is 12.5. The highest BCUT2D eigenvalue weighted by atomic mass is 32.2. The van der Waals surface area contributed by atoms with Crippen molar-refractivity contribution in [1.82, 2.24) is 4.90 Å². The smallest absolute Gasteiger partial charge is 0.115 e. The Labute approximate surface area is 108 Å². The van der Waals surface area contributed by atoms with Crippen LogP contribution in [0.4, 0.5) is 0 Å². The molecule has 94 valence electrons. The SMILES string of the molecule is CCC1(c2cccc(O)c2)CN(C)CC(C)S1. The Morgan fingerprint density at radius 1 is 1.53 bits per heavy atom. The molecule has 0 radical (unpaired) electrons. The second kappa shape index (κ2) is 4.91. The number of benzene rings is 1. The van der Waals surface area contributed by atoms with Crippen LogP contribution in [-0.4, -0.2) is 35.4 Å². The molecule has 1 aliphatic heterocycles. The van der Waals surface area contributed by atoms with E-state index in [9.17, 15) is 5.11 Å². The fourth-order valence-electron chi connectivity index (χ4n) is 2.75. The van der Waals surface area contributed by atoms with Gasteiger partial charge >= 0.3 is 0 Å². The molecule has 1 heterocycles. The summed E-state index contributed by atoms with van der Waals surface area (Å²) < 4.78 is 0.130. The molecule has 0 spiro atoms. The average Bonchev–Trinajstić information content (AvgIpc) is 2.27. The molecule has 3 heteroatoms. The molecule has 2 nitrogen and oxygen atoms in total. The van der Waals surface area contributed by atoms with E-state index in [0.29, 0.717) is 11.0 Å². The lowest BCUT2D eigenvalue weighted by molar-refractivity contribution is 0.278. The van der Waals surface area contributed by atoms with Crippen LogP contribution in [0.25, 0.3) is 0 Å². The summed E-state index contributed by atoms with van der Waals surface area (Å²) in [6, 6.07) is 7.75. The minimum absolute atomic E-state index is 0.130. The number of thioether (sulfide) groups is 1. The third-order valence-electron chi connectivity index (χ3n) is 3.46. The zero-order valence-corrected chi connectivity index (χ0v) is 11.6. The molecule has 1 aliphatic rings. The van der Waals surface area contributed by atoms with Crippen LogP contribution in [0.2, 0.25) is 0 Å². The number of phenolic OH excluding ortho intramolecular Hbond substituents is 1. The number of likely N-dealkylation sites (N-methyl/N-ethyl adjacent to an activating group) is 1. The van der Waals surface area contributed by atoms with Crippen molar-refractivity contribution >= 4 is 11.8 Å². The van der Waals surface area contributed by atoms with E-state index in [-0.39, 0.29) is 4.75 Å². The van der Waals surface area contributed by atoms with Gasteiger partial charge < -0.3 is 10.0 Å². The number of aromatic hydroxyl groups is 1. The van der Waals surface area contributed by atoms with Gasteiger partial charge in [0, 0.05) is 18.3 Å². The predicted molar refractivity (Wildman–Crippen MR) is 74.6 cm³/mol. The normalized spacial score (nSPS) is 30.4. The maximum Gasteiger partial charge on any atom is 0.115 e. The molecule has 1 N–H and O–H groups in total. The highest BCUT2D eigenvalue weighted by molar-refractivity contribution is 8.00. The molecular formula is C14H21NOS. The summed E-state index contributed by atoms with van der Waals surface area (Å²) in [6.07, 6.45) is 1.09. The minimum Gasteiger partial charge on any atom is -0.508 e. The van der Waals surface area contributed by atoms with Gasteiger partial charge in [0.05, 0.1) is 4.75 Å². The summed E-state index contributed by atoms with van der Waals surface area (Å²) in [5, 5.41) is 10.3. The molecule has 2 atom stereocenters. The molecule has 2 unspecified atom stereocenters. The second-order valence-electron chi connectivity index (χ2n) is 5.02. The van der Waals surface area contributed by atoms with Crippen LogP contribution < -0.4 is 0 Å². The molecule has 1 fully saturated rings. The van der Waals surface area contributed by atoms with Gasteiger partial charge in [-0.15, -0.1) is 11.8 Å². The lowest BCUT2D eigenvalue weighted by atomic mass is 9.94. The maximum atomic E-state index is 9.66. The van der Waals surface area contributed by atoms with E-state index in [0.717, 1.165) is 19.5 Å². The van der Waals surface area contributed by atoms with Gasteiger partial charge in [-0.3, -0.25) is 0 Å². The van der Waals surface area contributed by atoms with E-state index in [2.05, 4.69) is 31.9 Å². The summed E-state index contributed by atoms with van der Waals surface area (Å²) in [7, 11) is 2.18. The number of phenols is 1. The van der Waals surface area contributed by atoms with E-state index >= 15 is 0 Å². The van der Waals surface area contributed by atoms with Gasteiger partial charge in [-0.05, 0) is 31.2 Å². The number of rotatable bonds is 2. The van der Waals surface area contributed by atoms with Gasteiger partial charge in [-0.1, -0.05) is 26.0 Å². The van der Waals surface area contributed by atoms with Crippen LogP contribution in [0.3, 0.4) is 0 Å². The highest BCUT2D eigenvalue weighted by Gasteiger charge is 2.38. The summed E-state index contributed by atoms with van der Waals surface area (Å²) in [5.74, 6) is 0.372. The van der Waals surface area contributed by atoms with Crippen molar-refractivity contribution in [1.29, 1.82) is 0 Å². The van der Waals surface area contributed by atoms with Gasteiger partial charge in [-0.25, -0.2) is 0 Å². The second-order valence-corrected chi connectivity index (χ2v) is 6.85. The maximum absolute atomic E-state index is 9.66. The Balaban J connectivity index is 2.36. The average molecular weight is 251 g/mol. The fraction of sp³-hybridized carbons (Fsp3) is 0.571. The van der Waals surface area contributed by atoms with Crippen molar-refractivity contribution in [2.75, 3.05) is 20.1 Å².